The van der Waals surface area contributed by atoms with Crippen molar-refractivity contribution in [1.82, 2.24) is 29.1 Å². The summed E-state index contributed by atoms with van der Waals surface area (Å²) in [7, 11) is 0.773. The molecule has 0 saturated carbocycles. The van der Waals surface area contributed by atoms with Crippen molar-refractivity contribution in [1.29, 1.82) is 0 Å². The van der Waals surface area contributed by atoms with E-state index in [1.807, 2.05) is 58.9 Å². The van der Waals surface area contributed by atoms with Crippen LogP contribution in [0.2, 0.25) is 25.7 Å². The van der Waals surface area contributed by atoms with Crippen molar-refractivity contribution < 1.29 is 4.74 Å². The van der Waals surface area contributed by atoms with Gasteiger partial charge in [-0.1, -0.05) is 62.1 Å². The van der Waals surface area contributed by atoms with Crippen LogP contribution in [0.15, 0.2) is 65.7 Å². The highest BCUT2D eigenvalue weighted by Gasteiger charge is 2.19. The lowest BCUT2D eigenvalue weighted by molar-refractivity contribution is 0.0817. The van der Waals surface area contributed by atoms with E-state index in [-0.39, 0.29) is 5.56 Å². The van der Waals surface area contributed by atoms with Gasteiger partial charge in [-0.15, -0.1) is 11.3 Å². The number of ether oxygens (including phenoxy) is 1. The van der Waals surface area contributed by atoms with Gasteiger partial charge in [0.2, 0.25) is 0 Å². The van der Waals surface area contributed by atoms with Crippen LogP contribution in [0.4, 0.5) is 0 Å². The maximum Gasteiger partial charge on any atom is 0.291 e. The molecule has 0 saturated heterocycles. The molecule has 0 amide bonds. The van der Waals surface area contributed by atoms with E-state index in [9.17, 15) is 4.79 Å². The van der Waals surface area contributed by atoms with Gasteiger partial charge in [-0.3, -0.25) is 4.79 Å². The van der Waals surface area contributed by atoms with Crippen molar-refractivity contribution in [2.75, 3.05) is 6.61 Å². The highest BCUT2D eigenvalue weighted by Crippen LogP contribution is 2.32. The average Bonchev–Trinajstić information content (AvgIpc) is 3.58. The SMILES string of the molecule is Cn1c2nc(Cc3ccccc3)sc2c2cnn(Cc3cccc4c3cnn4COCC[Si](C)(C)C)c(=O)c21. The fourth-order valence-electron chi connectivity index (χ4n) is 4.89. The molecule has 0 bridgehead atoms. The third-order valence-corrected chi connectivity index (χ3v) is 9.86. The lowest BCUT2D eigenvalue weighted by Crippen LogP contribution is -2.24. The number of aromatic nitrogens is 6. The summed E-state index contributed by atoms with van der Waals surface area (Å²) in [4.78, 5) is 18.5. The van der Waals surface area contributed by atoms with Gasteiger partial charge < -0.3 is 9.30 Å². The minimum absolute atomic E-state index is 0.121. The maximum atomic E-state index is 13.6. The number of rotatable bonds is 9. The number of hydrogen-bond donors (Lipinski definition) is 0. The normalized spacial score (nSPS) is 12.3. The lowest BCUT2D eigenvalue weighted by atomic mass is 10.1. The molecular weight excluding hydrogens is 525 g/mol. The van der Waals surface area contributed by atoms with Crippen LogP contribution in [0.3, 0.4) is 0 Å². The quantitative estimate of drug-likeness (QED) is 0.170. The second-order valence-electron chi connectivity index (χ2n) is 11.2. The first-order chi connectivity index (χ1) is 18.8. The highest BCUT2D eigenvalue weighted by atomic mass is 32.1. The van der Waals surface area contributed by atoms with Gasteiger partial charge in [0, 0.05) is 38.9 Å². The van der Waals surface area contributed by atoms with Crippen molar-refractivity contribution in [3.8, 4) is 0 Å². The molecule has 0 aliphatic carbocycles. The molecule has 10 heteroatoms. The molecule has 200 valence electrons. The predicted octanol–water partition coefficient (Wildman–Crippen LogP) is 5.65. The van der Waals surface area contributed by atoms with Crippen LogP contribution < -0.4 is 5.56 Å². The Morgan fingerprint density at radius 3 is 2.51 bits per heavy atom. The summed E-state index contributed by atoms with van der Waals surface area (Å²) in [6.07, 6.45) is 4.43. The van der Waals surface area contributed by atoms with Gasteiger partial charge in [-0.25, -0.2) is 14.3 Å². The molecule has 6 aromatic rings. The van der Waals surface area contributed by atoms with Crippen molar-refractivity contribution in [3.63, 3.8) is 0 Å². The van der Waals surface area contributed by atoms with E-state index in [1.54, 1.807) is 17.5 Å². The maximum absolute atomic E-state index is 13.6. The molecular formula is C29H32N6O2SSi. The van der Waals surface area contributed by atoms with Crippen LogP contribution in [0, 0.1) is 0 Å². The number of aryl methyl sites for hydroxylation is 1. The zero-order chi connectivity index (χ0) is 27.1. The van der Waals surface area contributed by atoms with E-state index in [0.717, 1.165) is 56.3 Å². The van der Waals surface area contributed by atoms with Crippen LogP contribution in [-0.4, -0.2) is 43.8 Å². The Bertz CT molecular complexity index is 1840. The predicted molar refractivity (Wildman–Crippen MR) is 160 cm³/mol. The number of hydrogen-bond acceptors (Lipinski definition) is 6. The number of fused-ring (bicyclic) bond motifs is 4. The van der Waals surface area contributed by atoms with Gasteiger partial charge in [0.25, 0.3) is 5.56 Å². The van der Waals surface area contributed by atoms with E-state index in [2.05, 4.69) is 42.0 Å². The van der Waals surface area contributed by atoms with Crippen LogP contribution in [0.25, 0.3) is 32.2 Å². The standard InChI is InChI=1S/C29H32N6O2SSi/c1-33-26-23(27-28(33)32-25(38-27)15-20-9-6-5-7-10-20)17-30-34(29(26)36)18-21-11-8-12-24-22(21)16-31-35(24)19-37-13-14-39(2,3)4/h5-12,16-17H,13-15,18-19H2,1-4H3. The first-order valence-electron chi connectivity index (χ1n) is 13.2. The number of benzene rings is 2. The first-order valence-corrected chi connectivity index (χ1v) is 17.7. The van der Waals surface area contributed by atoms with Gasteiger partial charge in [0.15, 0.2) is 5.65 Å². The Labute approximate surface area is 231 Å². The summed E-state index contributed by atoms with van der Waals surface area (Å²) in [5.74, 6) is 0. The summed E-state index contributed by atoms with van der Waals surface area (Å²) in [5.41, 5.74) is 4.54. The van der Waals surface area contributed by atoms with Crippen molar-refractivity contribution in [3.05, 3.63) is 87.4 Å². The largest absolute Gasteiger partial charge is 0.360 e. The zero-order valence-electron chi connectivity index (χ0n) is 22.7. The molecule has 4 aromatic heterocycles. The van der Waals surface area contributed by atoms with Crippen LogP contribution >= 0.6 is 11.3 Å². The smallest absolute Gasteiger partial charge is 0.291 e. The van der Waals surface area contributed by atoms with E-state index < -0.39 is 8.07 Å². The van der Waals surface area contributed by atoms with Gasteiger partial charge in [-0.05, 0) is 23.2 Å². The fourth-order valence-corrected chi connectivity index (χ4v) is 6.78. The molecule has 8 nitrogen and oxygen atoms in total. The molecule has 0 unspecified atom stereocenters. The third-order valence-electron chi connectivity index (χ3n) is 7.08. The van der Waals surface area contributed by atoms with Gasteiger partial charge >= 0.3 is 0 Å². The topological polar surface area (TPSA) is 79.8 Å². The minimum atomic E-state index is -1.14. The van der Waals surface area contributed by atoms with Gasteiger partial charge in [0.05, 0.1) is 29.2 Å². The molecule has 39 heavy (non-hydrogen) atoms. The third kappa shape index (κ3) is 5.07. The van der Waals surface area contributed by atoms with E-state index >= 15 is 0 Å². The fraction of sp³-hybridized carbons (Fsp3) is 0.310. The molecule has 0 radical (unpaired) electrons. The Balaban J connectivity index is 1.27. The number of nitrogens with zero attached hydrogens (tertiary/aromatic N) is 6. The average molecular weight is 557 g/mol. The minimum Gasteiger partial charge on any atom is -0.360 e. The van der Waals surface area contributed by atoms with Crippen LogP contribution in [0.5, 0.6) is 0 Å². The summed E-state index contributed by atoms with van der Waals surface area (Å²) in [5, 5.41) is 12.0. The Hall–Kier alpha value is -3.60. The molecule has 2 aromatic carbocycles. The van der Waals surface area contributed by atoms with Crippen molar-refractivity contribution >= 4 is 51.6 Å². The molecule has 0 aliphatic heterocycles. The molecule has 6 rings (SSSR count). The molecule has 0 fully saturated rings. The Morgan fingerprint density at radius 2 is 1.72 bits per heavy atom. The molecule has 0 aliphatic rings. The Kier molecular flexibility index (Phi) is 6.70. The Morgan fingerprint density at radius 1 is 0.949 bits per heavy atom. The summed E-state index contributed by atoms with van der Waals surface area (Å²) < 4.78 is 12.3. The molecule has 0 spiro atoms. The molecule has 0 atom stereocenters. The molecule has 4 heterocycles. The van der Waals surface area contributed by atoms with Crippen molar-refractivity contribution in [2.24, 2.45) is 7.05 Å². The molecule has 0 N–H and O–H groups in total. The highest BCUT2D eigenvalue weighted by molar-refractivity contribution is 7.19. The summed E-state index contributed by atoms with van der Waals surface area (Å²) >= 11 is 1.63. The van der Waals surface area contributed by atoms with E-state index in [0.29, 0.717) is 18.8 Å². The second-order valence-corrected chi connectivity index (χ2v) is 17.9. The summed E-state index contributed by atoms with van der Waals surface area (Å²) in [6, 6.07) is 17.5. The monoisotopic (exact) mass is 556 g/mol. The summed E-state index contributed by atoms with van der Waals surface area (Å²) in [6.45, 7) is 8.56. The van der Waals surface area contributed by atoms with Crippen LogP contribution in [-0.2, 0) is 31.5 Å². The lowest BCUT2D eigenvalue weighted by Gasteiger charge is -2.15. The van der Waals surface area contributed by atoms with Gasteiger partial charge in [0.1, 0.15) is 17.3 Å². The second kappa shape index (κ2) is 10.2. The number of thiazole rings is 1. The van der Waals surface area contributed by atoms with Crippen LogP contribution in [0.1, 0.15) is 16.1 Å². The first kappa shape index (κ1) is 25.7. The van der Waals surface area contributed by atoms with E-state index in [1.165, 1.54) is 10.2 Å². The zero-order valence-corrected chi connectivity index (χ0v) is 24.5. The van der Waals surface area contributed by atoms with Crippen molar-refractivity contribution in [2.45, 2.75) is 45.4 Å². The van der Waals surface area contributed by atoms with Gasteiger partial charge in [-0.2, -0.15) is 10.2 Å². The van der Waals surface area contributed by atoms with E-state index in [4.69, 9.17) is 9.72 Å².